The first-order valence-corrected chi connectivity index (χ1v) is 9.34. The molecule has 24 heavy (non-hydrogen) atoms. The summed E-state index contributed by atoms with van der Waals surface area (Å²) >= 11 is 0. The molecule has 7 heteroatoms. The van der Waals surface area contributed by atoms with Gasteiger partial charge in [0.1, 0.15) is 4.90 Å². The summed E-state index contributed by atoms with van der Waals surface area (Å²) < 4.78 is 26.2. The van der Waals surface area contributed by atoms with Crippen LogP contribution in [-0.4, -0.2) is 36.6 Å². The minimum absolute atomic E-state index is 0.0555. The lowest BCUT2D eigenvalue weighted by Gasteiger charge is -2.18. The third-order valence-corrected chi connectivity index (χ3v) is 5.72. The van der Waals surface area contributed by atoms with E-state index >= 15 is 0 Å². The molecule has 1 heterocycles. The zero-order valence-electron chi connectivity index (χ0n) is 14.5. The molecular formula is C17H23N3O3S. The zero-order valence-corrected chi connectivity index (χ0v) is 15.3. The number of aromatic nitrogens is 1. The average molecular weight is 349 g/mol. The van der Waals surface area contributed by atoms with E-state index in [0.717, 1.165) is 0 Å². The predicted molar refractivity (Wildman–Crippen MR) is 91.8 cm³/mol. The summed E-state index contributed by atoms with van der Waals surface area (Å²) in [5.74, 6) is -1.34. The van der Waals surface area contributed by atoms with Gasteiger partial charge in [0, 0.05) is 19.3 Å². The van der Waals surface area contributed by atoms with Crippen LogP contribution in [-0.2, 0) is 14.8 Å². The van der Waals surface area contributed by atoms with E-state index in [-0.39, 0.29) is 16.4 Å². The van der Waals surface area contributed by atoms with Gasteiger partial charge in [0.2, 0.25) is 10.0 Å². The molecule has 0 aliphatic heterocycles. The van der Waals surface area contributed by atoms with Gasteiger partial charge in [-0.15, -0.1) is 0 Å². The molecule has 0 saturated heterocycles. The van der Waals surface area contributed by atoms with E-state index in [4.69, 9.17) is 0 Å². The molecule has 0 amide bonds. The highest BCUT2D eigenvalue weighted by atomic mass is 32.2. The molecule has 1 aromatic heterocycles. The number of nitrogens with zero attached hydrogens (tertiary/aromatic N) is 3. The summed E-state index contributed by atoms with van der Waals surface area (Å²) in [5, 5.41) is 9.30. The molecule has 130 valence electrons. The first kappa shape index (κ1) is 20.0. The third-order valence-electron chi connectivity index (χ3n) is 3.69. The standard InChI is InChI=1S/C17H23N3O3S/c1-5-8-13(4)17(21)15(11-18)16-10-9-14(12-19-16)24(22,23)20(6-2)7-3/h8-10,12,15H,5-7H2,1-4H3/b13-8-. The Morgan fingerprint density at radius 2 is 1.96 bits per heavy atom. The van der Waals surface area contributed by atoms with Gasteiger partial charge in [-0.2, -0.15) is 9.57 Å². The van der Waals surface area contributed by atoms with Gasteiger partial charge in [-0.05, 0) is 31.1 Å². The Kier molecular flexibility index (Phi) is 7.26. The number of carbonyl (C=O) groups is 1. The van der Waals surface area contributed by atoms with Crippen molar-refractivity contribution in [3.8, 4) is 6.07 Å². The number of nitriles is 1. The van der Waals surface area contributed by atoms with Crippen LogP contribution in [0.15, 0.2) is 34.9 Å². The van der Waals surface area contributed by atoms with Crippen LogP contribution in [0.25, 0.3) is 0 Å². The Morgan fingerprint density at radius 3 is 2.38 bits per heavy atom. The van der Waals surface area contributed by atoms with Crippen molar-refractivity contribution in [2.45, 2.75) is 44.9 Å². The van der Waals surface area contributed by atoms with E-state index in [1.807, 2.05) is 13.0 Å². The van der Waals surface area contributed by atoms with Gasteiger partial charge in [-0.1, -0.05) is 26.8 Å². The van der Waals surface area contributed by atoms with Crippen molar-refractivity contribution in [2.24, 2.45) is 0 Å². The van der Waals surface area contributed by atoms with Gasteiger partial charge >= 0.3 is 0 Å². The quantitative estimate of drug-likeness (QED) is 0.673. The highest BCUT2D eigenvalue weighted by Gasteiger charge is 2.25. The fraction of sp³-hybridized carbons (Fsp3) is 0.471. The number of sulfonamides is 1. The Hall–Kier alpha value is -2.04. The van der Waals surface area contributed by atoms with Gasteiger partial charge < -0.3 is 0 Å². The van der Waals surface area contributed by atoms with E-state index in [1.54, 1.807) is 26.8 Å². The fourth-order valence-corrected chi connectivity index (χ4v) is 3.73. The first-order valence-electron chi connectivity index (χ1n) is 7.90. The number of pyridine rings is 1. The molecule has 1 aromatic rings. The minimum Gasteiger partial charge on any atom is -0.293 e. The second-order valence-electron chi connectivity index (χ2n) is 5.23. The molecule has 0 aliphatic rings. The molecule has 0 N–H and O–H groups in total. The molecule has 0 radical (unpaired) electrons. The Morgan fingerprint density at radius 1 is 1.33 bits per heavy atom. The molecule has 0 aliphatic carbocycles. The lowest BCUT2D eigenvalue weighted by atomic mass is 9.95. The summed E-state index contributed by atoms with van der Waals surface area (Å²) in [5.41, 5.74) is 0.760. The Balaban J connectivity index is 3.17. The fourth-order valence-electron chi connectivity index (χ4n) is 2.32. The van der Waals surface area contributed by atoms with Crippen molar-refractivity contribution >= 4 is 15.8 Å². The monoisotopic (exact) mass is 349 g/mol. The number of hydrogen-bond donors (Lipinski definition) is 0. The summed E-state index contributed by atoms with van der Waals surface area (Å²) in [6.07, 6.45) is 3.66. The van der Waals surface area contributed by atoms with Gasteiger partial charge in [0.15, 0.2) is 11.7 Å². The van der Waals surface area contributed by atoms with Crippen LogP contribution in [0.1, 0.15) is 45.7 Å². The lowest BCUT2D eigenvalue weighted by Crippen LogP contribution is -2.30. The topological polar surface area (TPSA) is 91.1 Å². The second-order valence-corrected chi connectivity index (χ2v) is 7.17. The molecule has 0 aromatic carbocycles. The molecule has 0 saturated carbocycles. The summed E-state index contributed by atoms with van der Waals surface area (Å²) in [4.78, 5) is 16.4. The number of Topliss-reactive ketones (excluding diaryl/α,β-unsaturated/α-hetero) is 1. The number of carbonyl (C=O) groups excluding carboxylic acids is 1. The largest absolute Gasteiger partial charge is 0.293 e. The Labute approximate surface area is 143 Å². The van der Waals surface area contributed by atoms with Crippen LogP contribution in [0, 0.1) is 11.3 Å². The van der Waals surface area contributed by atoms with Crippen LogP contribution in [0.3, 0.4) is 0 Å². The van der Waals surface area contributed by atoms with Crippen LogP contribution < -0.4 is 0 Å². The maximum Gasteiger partial charge on any atom is 0.244 e. The van der Waals surface area contributed by atoms with Crippen molar-refractivity contribution in [1.29, 1.82) is 5.26 Å². The first-order chi connectivity index (χ1) is 11.3. The number of hydrogen-bond acceptors (Lipinski definition) is 5. The smallest absolute Gasteiger partial charge is 0.244 e. The van der Waals surface area contributed by atoms with Crippen LogP contribution in [0.5, 0.6) is 0 Å². The van der Waals surface area contributed by atoms with Crippen molar-refractivity contribution < 1.29 is 13.2 Å². The van der Waals surface area contributed by atoms with Crippen molar-refractivity contribution in [3.63, 3.8) is 0 Å². The molecule has 1 unspecified atom stereocenters. The van der Waals surface area contributed by atoms with E-state index in [1.165, 1.54) is 22.6 Å². The minimum atomic E-state index is -3.60. The van der Waals surface area contributed by atoms with Crippen molar-refractivity contribution in [2.75, 3.05) is 13.1 Å². The number of rotatable bonds is 8. The van der Waals surface area contributed by atoms with E-state index < -0.39 is 15.9 Å². The van der Waals surface area contributed by atoms with Crippen LogP contribution >= 0.6 is 0 Å². The molecule has 1 rings (SSSR count). The lowest BCUT2D eigenvalue weighted by molar-refractivity contribution is -0.115. The maximum atomic E-state index is 12.4. The number of allylic oxidation sites excluding steroid dienone is 2. The van der Waals surface area contributed by atoms with E-state index in [2.05, 4.69) is 4.98 Å². The van der Waals surface area contributed by atoms with E-state index in [9.17, 15) is 18.5 Å². The highest BCUT2D eigenvalue weighted by molar-refractivity contribution is 7.89. The molecule has 0 bridgehead atoms. The summed E-state index contributed by atoms with van der Waals surface area (Å²) in [7, 11) is -3.60. The highest BCUT2D eigenvalue weighted by Crippen LogP contribution is 2.21. The predicted octanol–water partition coefficient (Wildman–Crippen LogP) is 2.64. The molecule has 0 fully saturated rings. The van der Waals surface area contributed by atoms with E-state index in [0.29, 0.717) is 25.1 Å². The van der Waals surface area contributed by atoms with Crippen LogP contribution in [0.2, 0.25) is 0 Å². The van der Waals surface area contributed by atoms with Gasteiger partial charge in [-0.25, -0.2) is 8.42 Å². The van der Waals surface area contributed by atoms with Gasteiger partial charge in [0.25, 0.3) is 0 Å². The van der Waals surface area contributed by atoms with Gasteiger partial charge in [0.05, 0.1) is 11.8 Å². The maximum absolute atomic E-state index is 12.4. The molecular weight excluding hydrogens is 326 g/mol. The zero-order chi connectivity index (χ0) is 18.3. The normalized spacial score (nSPS) is 13.6. The summed E-state index contributed by atoms with van der Waals surface area (Å²) in [6, 6.07) is 4.78. The van der Waals surface area contributed by atoms with Crippen LogP contribution in [0.4, 0.5) is 0 Å². The second kappa shape index (κ2) is 8.71. The van der Waals surface area contributed by atoms with Gasteiger partial charge in [-0.3, -0.25) is 9.78 Å². The SMILES string of the molecule is CC/C=C(/C)C(=O)C(C#N)c1ccc(S(=O)(=O)N(CC)CC)cn1. The average Bonchev–Trinajstić information content (AvgIpc) is 2.57. The summed E-state index contributed by atoms with van der Waals surface area (Å²) in [6.45, 7) is 7.81. The number of ketones is 1. The molecule has 6 nitrogen and oxygen atoms in total. The third kappa shape index (κ3) is 4.28. The van der Waals surface area contributed by atoms with Crippen molar-refractivity contribution in [1.82, 2.24) is 9.29 Å². The molecule has 1 atom stereocenters. The Bertz CT molecular complexity index is 742. The molecule has 0 spiro atoms. The van der Waals surface area contributed by atoms with Crippen molar-refractivity contribution in [3.05, 3.63) is 35.7 Å².